The number of likely N-dealkylation sites (tertiary alicyclic amines) is 1. The van der Waals surface area contributed by atoms with Crippen molar-refractivity contribution in [3.8, 4) is 0 Å². The van der Waals surface area contributed by atoms with Gasteiger partial charge < -0.3 is 10.2 Å². The van der Waals surface area contributed by atoms with E-state index in [1.165, 1.54) is 11.0 Å². The molecule has 0 saturated carbocycles. The van der Waals surface area contributed by atoms with Crippen LogP contribution in [0.1, 0.15) is 23.3 Å². The van der Waals surface area contributed by atoms with Gasteiger partial charge in [-0.15, -0.1) is 11.3 Å². The van der Waals surface area contributed by atoms with E-state index in [4.69, 9.17) is 10.2 Å². The molecule has 0 bridgehead atoms. The summed E-state index contributed by atoms with van der Waals surface area (Å²) in [6.45, 7) is 3.17. The number of aliphatic carboxylic acids is 1. The molecule has 1 fully saturated rings. The molecule has 4 nitrogen and oxygen atoms in total. The van der Waals surface area contributed by atoms with Crippen LogP contribution >= 0.6 is 11.3 Å². The molecular formula is C14H19NO3S. The fourth-order valence-corrected chi connectivity index (χ4v) is 3.23. The molecule has 0 amide bonds. The second-order valence-corrected chi connectivity index (χ2v) is 5.87. The zero-order valence-electron chi connectivity index (χ0n) is 10.8. The topological polar surface area (TPSA) is 60.8 Å². The minimum Gasteiger partial charge on any atom is -0.478 e. The molecule has 1 aromatic heterocycles. The highest BCUT2D eigenvalue weighted by Crippen LogP contribution is 2.23. The molecule has 1 saturated heterocycles. The van der Waals surface area contributed by atoms with E-state index < -0.39 is 5.97 Å². The van der Waals surface area contributed by atoms with Crippen LogP contribution < -0.4 is 0 Å². The van der Waals surface area contributed by atoms with Crippen molar-refractivity contribution in [2.24, 2.45) is 5.92 Å². The number of nitrogens with zero attached hydrogens (tertiary/aromatic N) is 1. The Bertz CT molecular complexity index is 447. The Balaban J connectivity index is 1.93. The van der Waals surface area contributed by atoms with Gasteiger partial charge in [-0.25, -0.2) is 4.79 Å². The van der Waals surface area contributed by atoms with Gasteiger partial charge in [0, 0.05) is 24.1 Å². The lowest BCUT2D eigenvalue weighted by atomic mass is 9.98. The molecular weight excluding hydrogens is 262 g/mol. The van der Waals surface area contributed by atoms with Crippen molar-refractivity contribution in [1.82, 2.24) is 4.90 Å². The molecule has 0 aromatic carbocycles. The van der Waals surface area contributed by atoms with Gasteiger partial charge in [0.2, 0.25) is 0 Å². The normalized spacial score (nSPS) is 18.2. The number of carboxylic acid groups (broad SMARTS) is 1. The highest BCUT2D eigenvalue weighted by atomic mass is 32.1. The lowest BCUT2D eigenvalue weighted by Crippen LogP contribution is -2.34. The maximum atomic E-state index is 10.5. The molecule has 2 N–H and O–H groups in total. The van der Waals surface area contributed by atoms with Gasteiger partial charge in [0.25, 0.3) is 0 Å². The minimum atomic E-state index is -0.916. The Morgan fingerprint density at radius 1 is 1.47 bits per heavy atom. The first-order chi connectivity index (χ1) is 9.19. The molecule has 0 spiro atoms. The quantitative estimate of drug-likeness (QED) is 0.811. The van der Waals surface area contributed by atoms with Crippen molar-refractivity contribution in [2.75, 3.05) is 19.7 Å². The van der Waals surface area contributed by atoms with Crippen molar-refractivity contribution in [3.05, 3.63) is 28.0 Å². The molecule has 1 aliphatic rings. The zero-order valence-corrected chi connectivity index (χ0v) is 11.6. The van der Waals surface area contributed by atoms with Crippen LogP contribution in [0.25, 0.3) is 6.08 Å². The number of carboxylic acids is 1. The Kier molecular flexibility index (Phi) is 5.13. The van der Waals surface area contributed by atoms with Crippen LogP contribution in [0.15, 0.2) is 17.5 Å². The van der Waals surface area contributed by atoms with E-state index in [1.54, 1.807) is 17.4 Å². The van der Waals surface area contributed by atoms with Crippen LogP contribution in [0, 0.1) is 5.92 Å². The largest absolute Gasteiger partial charge is 0.478 e. The molecule has 0 radical (unpaired) electrons. The predicted octanol–water partition coefficient (Wildman–Crippen LogP) is 2.05. The van der Waals surface area contributed by atoms with Crippen molar-refractivity contribution in [1.29, 1.82) is 0 Å². The number of rotatable bonds is 5. The second-order valence-electron chi connectivity index (χ2n) is 4.87. The molecule has 2 heterocycles. The summed E-state index contributed by atoms with van der Waals surface area (Å²) in [5.41, 5.74) is 0.997. The van der Waals surface area contributed by atoms with E-state index in [9.17, 15) is 4.79 Å². The predicted molar refractivity (Wildman–Crippen MR) is 76.1 cm³/mol. The van der Waals surface area contributed by atoms with Crippen LogP contribution in [0.3, 0.4) is 0 Å². The molecule has 5 heteroatoms. The van der Waals surface area contributed by atoms with Gasteiger partial charge in [0.1, 0.15) is 0 Å². The van der Waals surface area contributed by atoms with E-state index in [-0.39, 0.29) is 0 Å². The Hall–Kier alpha value is -1.17. The summed E-state index contributed by atoms with van der Waals surface area (Å²) in [5, 5.41) is 19.8. The molecule has 1 aromatic rings. The summed E-state index contributed by atoms with van der Waals surface area (Å²) >= 11 is 1.67. The molecule has 2 rings (SSSR count). The van der Waals surface area contributed by atoms with E-state index in [0.717, 1.165) is 38.0 Å². The van der Waals surface area contributed by atoms with Crippen molar-refractivity contribution in [2.45, 2.75) is 19.4 Å². The van der Waals surface area contributed by atoms with Crippen LogP contribution in [0.5, 0.6) is 0 Å². The summed E-state index contributed by atoms with van der Waals surface area (Å²) in [5.74, 6) is -0.466. The molecule has 0 unspecified atom stereocenters. The highest BCUT2D eigenvalue weighted by molar-refractivity contribution is 7.10. The monoisotopic (exact) mass is 281 g/mol. The van der Waals surface area contributed by atoms with Crippen LogP contribution in [-0.2, 0) is 11.3 Å². The van der Waals surface area contributed by atoms with Gasteiger partial charge in [-0.05, 0) is 54.9 Å². The maximum absolute atomic E-state index is 10.5. The first-order valence-corrected chi connectivity index (χ1v) is 7.37. The van der Waals surface area contributed by atoms with Crippen molar-refractivity contribution >= 4 is 23.4 Å². The van der Waals surface area contributed by atoms with Crippen molar-refractivity contribution in [3.63, 3.8) is 0 Å². The molecule has 1 aliphatic heterocycles. The molecule has 0 aliphatic carbocycles. The van der Waals surface area contributed by atoms with Gasteiger partial charge in [-0.1, -0.05) is 0 Å². The summed E-state index contributed by atoms with van der Waals surface area (Å²) in [6.07, 6.45) is 4.93. The van der Waals surface area contributed by atoms with E-state index in [1.807, 2.05) is 11.4 Å². The van der Waals surface area contributed by atoms with Crippen LogP contribution in [0.2, 0.25) is 0 Å². The maximum Gasteiger partial charge on any atom is 0.328 e. The number of hydrogen-bond donors (Lipinski definition) is 2. The SMILES string of the molecule is O=C(O)/C=C/c1ccsc1CN1CCC(CO)CC1. The number of aliphatic hydroxyl groups excluding tert-OH is 1. The first kappa shape index (κ1) is 14.2. The average Bonchev–Trinajstić information content (AvgIpc) is 2.84. The number of thiophene rings is 1. The number of carbonyl (C=O) groups is 1. The molecule has 104 valence electrons. The highest BCUT2D eigenvalue weighted by Gasteiger charge is 2.19. The van der Waals surface area contributed by atoms with Crippen LogP contribution in [0.4, 0.5) is 0 Å². The fourth-order valence-electron chi connectivity index (χ4n) is 2.32. The van der Waals surface area contributed by atoms with Gasteiger partial charge >= 0.3 is 5.97 Å². The summed E-state index contributed by atoms with van der Waals surface area (Å²) in [4.78, 5) is 14.1. The average molecular weight is 281 g/mol. The van der Waals surface area contributed by atoms with Crippen molar-refractivity contribution < 1.29 is 15.0 Å². The standard InChI is InChI=1S/C14H19NO3S/c16-10-11-3-6-15(7-4-11)9-13-12(5-8-19-13)1-2-14(17)18/h1-2,5,8,11,16H,3-4,6-7,9-10H2,(H,17,18)/b2-1+. The third kappa shape index (κ3) is 4.16. The third-order valence-corrected chi connectivity index (χ3v) is 4.44. The van der Waals surface area contributed by atoms with E-state index in [2.05, 4.69) is 4.90 Å². The Morgan fingerprint density at radius 2 is 2.21 bits per heavy atom. The summed E-state index contributed by atoms with van der Waals surface area (Å²) < 4.78 is 0. The first-order valence-electron chi connectivity index (χ1n) is 6.49. The summed E-state index contributed by atoms with van der Waals surface area (Å²) in [6, 6.07) is 1.96. The smallest absolute Gasteiger partial charge is 0.328 e. The fraction of sp³-hybridized carbons (Fsp3) is 0.500. The summed E-state index contributed by atoms with van der Waals surface area (Å²) in [7, 11) is 0. The zero-order chi connectivity index (χ0) is 13.7. The Morgan fingerprint density at radius 3 is 2.84 bits per heavy atom. The van der Waals surface area contributed by atoms with Gasteiger partial charge in [-0.2, -0.15) is 0 Å². The van der Waals surface area contributed by atoms with Gasteiger partial charge in [-0.3, -0.25) is 4.90 Å². The molecule has 0 atom stereocenters. The Labute approximate surface area is 117 Å². The van der Waals surface area contributed by atoms with E-state index >= 15 is 0 Å². The second kappa shape index (κ2) is 6.84. The number of piperidine rings is 1. The number of hydrogen-bond acceptors (Lipinski definition) is 4. The lowest BCUT2D eigenvalue weighted by molar-refractivity contribution is -0.131. The van der Waals surface area contributed by atoms with Gasteiger partial charge in [0.15, 0.2) is 0 Å². The number of aliphatic hydroxyl groups is 1. The lowest BCUT2D eigenvalue weighted by Gasteiger charge is -2.30. The van der Waals surface area contributed by atoms with Gasteiger partial charge in [0.05, 0.1) is 0 Å². The van der Waals surface area contributed by atoms with Crippen LogP contribution in [-0.4, -0.2) is 40.8 Å². The third-order valence-electron chi connectivity index (χ3n) is 3.52. The van der Waals surface area contributed by atoms with E-state index in [0.29, 0.717) is 12.5 Å². The minimum absolute atomic E-state index is 0.291. The molecule has 19 heavy (non-hydrogen) atoms.